The lowest BCUT2D eigenvalue weighted by molar-refractivity contribution is -0.144. The minimum absolute atomic E-state index is 0.00901. The van der Waals surface area contributed by atoms with Gasteiger partial charge in [-0.15, -0.1) is 11.8 Å². The molecule has 0 aromatic heterocycles. The number of hydrogen-bond acceptors (Lipinski definition) is 3. The zero-order valence-electron chi connectivity index (χ0n) is 12.9. The summed E-state index contributed by atoms with van der Waals surface area (Å²) >= 11 is 1.19. The topological polar surface area (TPSA) is 26.3 Å². The molecule has 0 rings (SSSR count). The molecule has 0 spiro atoms. The van der Waals surface area contributed by atoms with Gasteiger partial charge in [-0.25, -0.2) is 17.6 Å². The summed E-state index contributed by atoms with van der Waals surface area (Å²) in [5, 5.41) is -0.455. The van der Waals surface area contributed by atoms with Crippen molar-refractivity contribution in [3.63, 3.8) is 0 Å². The molecule has 21 heavy (non-hydrogen) atoms. The summed E-state index contributed by atoms with van der Waals surface area (Å²) in [6, 6.07) is 0. The summed E-state index contributed by atoms with van der Waals surface area (Å²) in [5.74, 6) is -3.89. The Morgan fingerprint density at radius 1 is 1.19 bits per heavy atom. The zero-order valence-corrected chi connectivity index (χ0v) is 13.7. The molecular weight excluding hydrogens is 308 g/mol. The monoisotopic (exact) mass is 332 g/mol. The van der Waals surface area contributed by atoms with Crippen molar-refractivity contribution in [1.29, 1.82) is 0 Å². The van der Waals surface area contributed by atoms with Crippen molar-refractivity contribution in [2.75, 3.05) is 12.4 Å². The predicted molar refractivity (Wildman–Crippen MR) is 77.1 cm³/mol. The fourth-order valence-corrected chi connectivity index (χ4v) is 2.64. The van der Waals surface area contributed by atoms with Crippen molar-refractivity contribution in [3.05, 3.63) is 0 Å². The van der Waals surface area contributed by atoms with Gasteiger partial charge in [0.15, 0.2) is 0 Å². The normalized spacial score (nSPS) is 14.0. The second kappa shape index (κ2) is 9.54. The Morgan fingerprint density at radius 2 is 1.76 bits per heavy atom. The average molecular weight is 332 g/mol. The van der Waals surface area contributed by atoms with Crippen LogP contribution < -0.4 is 0 Å². The van der Waals surface area contributed by atoms with E-state index in [1.807, 2.05) is 27.7 Å². The van der Waals surface area contributed by atoms with E-state index >= 15 is 0 Å². The van der Waals surface area contributed by atoms with E-state index in [1.54, 1.807) is 0 Å². The number of rotatable bonds is 10. The average Bonchev–Trinajstić information content (AvgIpc) is 2.35. The number of carbonyl (C=O) groups is 1. The molecule has 0 aliphatic carbocycles. The maximum absolute atomic E-state index is 12.7. The molecule has 0 saturated carbocycles. The van der Waals surface area contributed by atoms with Gasteiger partial charge < -0.3 is 4.74 Å². The smallest absolute Gasteiger partial charge is 0.319 e. The van der Waals surface area contributed by atoms with Gasteiger partial charge in [-0.1, -0.05) is 27.7 Å². The standard InChI is InChI=1S/C14H24F4O2S/c1-9(2)8-20-12(19)11(10(3)4)21-7-5-6-14(17,18)13(15)16/h9-11,13H,5-8H2,1-4H3. The van der Waals surface area contributed by atoms with Gasteiger partial charge in [-0.05, 0) is 24.0 Å². The molecule has 0 N–H and O–H groups in total. The molecule has 126 valence electrons. The highest BCUT2D eigenvalue weighted by molar-refractivity contribution is 8.00. The van der Waals surface area contributed by atoms with Crippen molar-refractivity contribution >= 4 is 17.7 Å². The van der Waals surface area contributed by atoms with Crippen LogP contribution in [0.4, 0.5) is 17.6 Å². The van der Waals surface area contributed by atoms with Gasteiger partial charge >= 0.3 is 18.3 Å². The fraction of sp³-hybridized carbons (Fsp3) is 0.929. The first kappa shape index (κ1) is 20.5. The van der Waals surface area contributed by atoms with Crippen molar-refractivity contribution in [2.24, 2.45) is 11.8 Å². The molecule has 1 atom stereocenters. The summed E-state index contributed by atoms with van der Waals surface area (Å²) in [7, 11) is 0. The third kappa shape index (κ3) is 8.53. The lowest BCUT2D eigenvalue weighted by Gasteiger charge is -2.20. The Kier molecular flexibility index (Phi) is 9.33. The molecule has 0 fully saturated rings. The maximum atomic E-state index is 12.7. The molecule has 0 aliphatic rings. The number of ether oxygens (including phenoxy) is 1. The maximum Gasteiger partial charge on any atom is 0.319 e. The third-order valence-electron chi connectivity index (χ3n) is 2.67. The minimum Gasteiger partial charge on any atom is -0.465 e. The van der Waals surface area contributed by atoms with Gasteiger partial charge in [0.05, 0.1) is 6.61 Å². The number of esters is 1. The van der Waals surface area contributed by atoms with E-state index in [-0.39, 0.29) is 30.0 Å². The van der Waals surface area contributed by atoms with E-state index < -0.39 is 24.0 Å². The minimum atomic E-state index is -3.95. The molecule has 1 unspecified atom stereocenters. The lowest BCUT2D eigenvalue weighted by Crippen LogP contribution is -2.28. The van der Waals surface area contributed by atoms with Crippen LogP contribution in [0.2, 0.25) is 0 Å². The van der Waals surface area contributed by atoms with Gasteiger partial charge in [-0.3, -0.25) is 4.79 Å². The van der Waals surface area contributed by atoms with Gasteiger partial charge in [0.2, 0.25) is 0 Å². The molecule has 7 heteroatoms. The second-order valence-corrected chi connectivity index (χ2v) is 6.97. The summed E-state index contributed by atoms with van der Waals surface area (Å²) in [4.78, 5) is 11.9. The van der Waals surface area contributed by atoms with E-state index in [4.69, 9.17) is 4.74 Å². The Bertz CT molecular complexity index is 309. The van der Waals surface area contributed by atoms with E-state index in [0.717, 1.165) is 0 Å². The second-order valence-electron chi connectivity index (χ2n) is 5.72. The molecule has 0 heterocycles. The number of thioether (sulfide) groups is 1. The van der Waals surface area contributed by atoms with E-state index in [9.17, 15) is 22.4 Å². The quantitative estimate of drug-likeness (QED) is 0.332. The van der Waals surface area contributed by atoms with Gasteiger partial charge in [0.1, 0.15) is 5.25 Å². The molecule has 2 nitrogen and oxygen atoms in total. The number of alkyl halides is 4. The molecule has 0 aromatic carbocycles. The number of carbonyl (C=O) groups excluding carboxylic acids is 1. The van der Waals surface area contributed by atoms with E-state index in [0.29, 0.717) is 6.61 Å². The first-order valence-corrected chi connectivity index (χ1v) is 8.07. The molecule has 0 bridgehead atoms. The molecule has 0 aromatic rings. The molecule has 0 amide bonds. The van der Waals surface area contributed by atoms with Gasteiger partial charge in [-0.2, -0.15) is 0 Å². The van der Waals surface area contributed by atoms with Crippen LogP contribution in [0.3, 0.4) is 0 Å². The van der Waals surface area contributed by atoms with Crippen LogP contribution in [0.25, 0.3) is 0 Å². The largest absolute Gasteiger partial charge is 0.465 e. The van der Waals surface area contributed by atoms with Crippen molar-refractivity contribution in [1.82, 2.24) is 0 Å². The van der Waals surface area contributed by atoms with E-state index in [1.165, 1.54) is 11.8 Å². The van der Waals surface area contributed by atoms with Crippen LogP contribution in [0.1, 0.15) is 40.5 Å². The summed E-state index contributed by atoms with van der Waals surface area (Å²) in [5.41, 5.74) is 0. The Hall–Kier alpha value is -0.460. The summed E-state index contributed by atoms with van der Waals surface area (Å²) < 4.78 is 54.6. The first-order valence-electron chi connectivity index (χ1n) is 7.02. The first-order chi connectivity index (χ1) is 9.58. The molecular formula is C14H24F4O2S. The van der Waals surface area contributed by atoms with Crippen LogP contribution in [-0.4, -0.2) is 35.9 Å². The van der Waals surface area contributed by atoms with Gasteiger partial charge in [0.25, 0.3) is 0 Å². The molecule has 0 radical (unpaired) electrons. The fourth-order valence-electron chi connectivity index (χ4n) is 1.49. The Labute approximate surface area is 128 Å². The van der Waals surface area contributed by atoms with Crippen molar-refractivity contribution in [3.8, 4) is 0 Å². The van der Waals surface area contributed by atoms with Crippen LogP contribution in [0, 0.1) is 11.8 Å². The lowest BCUT2D eigenvalue weighted by atomic mass is 10.1. The highest BCUT2D eigenvalue weighted by atomic mass is 32.2. The zero-order chi connectivity index (χ0) is 16.6. The van der Waals surface area contributed by atoms with Gasteiger partial charge in [0, 0.05) is 6.42 Å². The van der Waals surface area contributed by atoms with Crippen molar-refractivity contribution < 1.29 is 27.1 Å². The third-order valence-corrected chi connectivity index (χ3v) is 4.29. The van der Waals surface area contributed by atoms with Crippen LogP contribution in [-0.2, 0) is 9.53 Å². The molecule has 0 saturated heterocycles. The number of halogens is 4. The molecule has 0 aliphatic heterocycles. The Morgan fingerprint density at radius 3 is 2.19 bits per heavy atom. The van der Waals surface area contributed by atoms with E-state index in [2.05, 4.69) is 0 Å². The number of hydrogen-bond donors (Lipinski definition) is 0. The highest BCUT2D eigenvalue weighted by Crippen LogP contribution is 2.30. The summed E-state index contributed by atoms with van der Waals surface area (Å²) in [6.07, 6.45) is -4.58. The van der Waals surface area contributed by atoms with Crippen LogP contribution in [0.5, 0.6) is 0 Å². The summed E-state index contributed by atoms with van der Waals surface area (Å²) in [6.45, 7) is 7.81. The van der Waals surface area contributed by atoms with Crippen LogP contribution >= 0.6 is 11.8 Å². The predicted octanol–water partition coefficient (Wildman–Crippen LogP) is 4.62. The SMILES string of the molecule is CC(C)COC(=O)C(SCCCC(F)(F)C(F)F)C(C)C. The van der Waals surface area contributed by atoms with Crippen molar-refractivity contribution in [2.45, 2.75) is 58.1 Å². The van der Waals surface area contributed by atoms with Crippen LogP contribution in [0.15, 0.2) is 0 Å². The Balaban J connectivity index is 4.20. The highest BCUT2D eigenvalue weighted by Gasteiger charge is 2.39.